The molecule has 0 amide bonds. The topological polar surface area (TPSA) is 3.24 Å². The first-order valence-corrected chi connectivity index (χ1v) is 5.15. The van der Waals surface area contributed by atoms with Gasteiger partial charge in [-0.1, -0.05) is 18.3 Å². The molecule has 13 heavy (non-hydrogen) atoms. The number of hydrogen-bond donors (Lipinski definition) is 0. The quantitative estimate of drug-likeness (QED) is 0.384. The zero-order valence-electron chi connectivity index (χ0n) is 7.83. The van der Waals surface area contributed by atoms with Crippen LogP contribution >= 0.6 is 12.2 Å². The van der Waals surface area contributed by atoms with Gasteiger partial charge in [0.25, 0.3) is 0 Å². The molecular formula is C11H15NS. The van der Waals surface area contributed by atoms with Gasteiger partial charge in [-0.3, -0.25) is 0 Å². The number of rotatable bonds is 4. The first-order chi connectivity index (χ1) is 6.34. The standard InChI is InChI=1S/C11H15NS/c1-2-3-4-5-6-9-12-10-7-8-11(12)13/h1,6,9H,3-5,7-8,10H2/b9-6+. The average Bonchev–Trinajstić information content (AvgIpc) is 2.52. The van der Waals surface area contributed by atoms with Crippen molar-refractivity contribution in [3.05, 3.63) is 12.3 Å². The summed E-state index contributed by atoms with van der Waals surface area (Å²) in [6.07, 6.45) is 14.7. The highest BCUT2D eigenvalue weighted by Crippen LogP contribution is 2.12. The van der Waals surface area contributed by atoms with Crippen LogP contribution in [0, 0.1) is 12.3 Å². The fraction of sp³-hybridized carbons (Fsp3) is 0.545. The van der Waals surface area contributed by atoms with E-state index in [1.807, 2.05) is 0 Å². The predicted octanol–water partition coefficient (Wildman–Crippen LogP) is 2.73. The molecule has 1 aliphatic rings. The summed E-state index contributed by atoms with van der Waals surface area (Å²) in [7, 11) is 0. The SMILES string of the molecule is C#CCCC/C=C/N1CCCC1=S. The normalized spacial score (nSPS) is 16.8. The van der Waals surface area contributed by atoms with Gasteiger partial charge < -0.3 is 4.90 Å². The van der Waals surface area contributed by atoms with Crippen LogP contribution in [-0.2, 0) is 0 Å². The second kappa shape index (κ2) is 5.77. The molecule has 1 rings (SSSR count). The lowest BCUT2D eigenvalue weighted by molar-refractivity contribution is 0.606. The summed E-state index contributed by atoms with van der Waals surface area (Å²) in [6.45, 7) is 1.09. The van der Waals surface area contributed by atoms with Gasteiger partial charge in [0.1, 0.15) is 0 Å². The number of likely N-dealkylation sites (tertiary alicyclic amines) is 1. The van der Waals surface area contributed by atoms with Crippen LogP contribution in [0.4, 0.5) is 0 Å². The zero-order valence-corrected chi connectivity index (χ0v) is 8.65. The van der Waals surface area contributed by atoms with Crippen LogP contribution in [0.15, 0.2) is 12.3 Å². The van der Waals surface area contributed by atoms with Gasteiger partial charge in [0.2, 0.25) is 0 Å². The molecule has 0 aliphatic carbocycles. The molecule has 1 heterocycles. The van der Waals surface area contributed by atoms with Gasteiger partial charge in [0, 0.05) is 19.2 Å². The smallest absolute Gasteiger partial charge is 0.0819 e. The molecule has 0 bridgehead atoms. The van der Waals surface area contributed by atoms with Crippen molar-refractivity contribution < 1.29 is 0 Å². The molecular weight excluding hydrogens is 178 g/mol. The fourth-order valence-corrected chi connectivity index (χ4v) is 1.65. The Kier molecular flexibility index (Phi) is 4.56. The van der Waals surface area contributed by atoms with Crippen LogP contribution in [0.1, 0.15) is 32.1 Å². The number of terminal acetylenes is 1. The van der Waals surface area contributed by atoms with E-state index in [1.165, 1.54) is 6.42 Å². The molecule has 0 aromatic heterocycles. The van der Waals surface area contributed by atoms with Crippen molar-refractivity contribution >= 4 is 17.2 Å². The number of unbranched alkanes of at least 4 members (excludes halogenated alkanes) is 2. The Balaban J connectivity index is 2.16. The van der Waals surface area contributed by atoms with Gasteiger partial charge in [0.05, 0.1) is 4.99 Å². The summed E-state index contributed by atoms with van der Waals surface area (Å²) < 4.78 is 0. The molecule has 1 fully saturated rings. The molecule has 0 aromatic carbocycles. The highest BCUT2D eigenvalue weighted by Gasteiger charge is 2.12. The van der Waals surface area contributed by atoms with Gasteiger partial charge in [-0.15, -0.1) is 12.3 Å². The highest BCUT2D eigenvalue weighted by molar-refractivity contribution is 7.80. The van der Waals surface area contributed by atoms with Gasteiger partial charge >= 0.3 is 0 Å². The molecule has 0 N–H and O–H groups in total. The van der Waals surface area contributed by atoms with Crippen LogP contribution < -0.4 is 0 Å². The summed E-state index contributed by atoms with van der Waals surface area (Å²) in [5, 5.41) is 0. The molecule has 2 heteroatoms. The van der Waals surface area contributed by atoms with Gasteiger partial charge in [-0.25, -0.2) is 0 Å². The predicted molar refractivity (Wildman–Crippen MR) is 60.4 cm³/mol. The lowest BCUT2D eigenvalue weighted by atomic mass is 10.2. The molecule has 0 unspecified atom stereocenters. The third-order valence-corrected chi connectivity index (χ3v) is 2.53. The van der Waals surface area contributed by atoms with Crippen molar-refractivity contribution in [2.75, 3.05) is 6.54 Å². The van der Waals surface area contributed by atoms with Gasteiger partial charge in [0.15, 0.2) is 0 Å². The Bertz CT molecular complexity index is 237. The first kappa shape index (κ1) is 10.3. The molecule has 70 valence electrons. The van der Waals surface area contributed by atoms with E-state index in [4.69, 9.17) is 18.6 Å². The summed E-state index contributed by atoms with van der Waals surface area (Å²) in [5.74, 6) is 2.63. The zero-order chi connectivity index (χ0) is 9.52. The molecule has 0 radical (unpaired) electrons. The van der Waals surface area contributed by atoms with E-state index in [0.29, 0.717) is 0 Å². The lowest BCUT2D eigenvalue weighted by Gasteiger charge is -2.10. The maximum atomic E-state index is 5.18. The van der Waals surface area contributed by atoms with Crippen LogP contribution in [0.2, 0.25) is 0 Å². The average molecular weight is 193 g/mol. The molecule has 0 spiro atoms. The largest absolute Gasteiger partial charge is 0.343 e. The summed E-state index contributed by atoms with van der Waals surface area (Å²) in [5.41, 5.74) is 0. The number of hydrogen-bond acceptors (Lipinski definition) is 1. The molecule has 0 saturated carbocycles. The van der Waals surface area contributed by atoms with Crippen LogP contribution in [-0.4, -0.2) is 16.4 Å². The highest BCUT2D eigenvalue weighted by atomic mass is 32.1. The maximum absolute atomic E-state index is 5.18. The lowest BCUT2D eigenvalue weighted by Crippen LogP contribution is -2.15. The third-order valence-electron chi connectivity index (χ3n) is 2.09. The minimum atomic E-state index is 0.870. The molecule has 0 atom stereocenters. The van der Waals surface area contributed by atoms with E-state index in [0.717, 1.165) is 37.2 Å². The van der Waals surface area contributed by atoms with Crippen molar-refractivity contribution in [3.8, 4) is 12.3 Å². The summed E-state index contributed by atoms with van der Waals surface area (Å²) >= 11 is 5.18. The molecule has 1 saturated heterocycles. The Labute approximate surface area is 85.8 Å². The molecule has 1 nitrogen and oxygen atoms in total. The monoisotopic (exact) mass is 193 g/mol. The fourth-order valence-electron chi connectivity index (χ4n) is 1.35. The third kappa shape index (κ3) is 3.61. The second-order valence-electron chi connectivity index (χ2n) is 3.17. The second-order valence-corrected chi connectivity index (χ2v) is 3.64. The van der Waals surface area contributed by atoms with Crippen LogP contribution in [0.5, 0.6) is 0 Å². The van der Waals surface area contributed by atoms with E-state index in [2.05, 4.69) is 23.1 Å². The first-order valence-electron chi connectivity index (χ1n) is 4.74. The molecule has 0 aromatic rings. The Morgan fingerprint density at radius 3 is 3.08 bits per heavy atom. The van der Waals surface area contributed by atoms with Crippen molar-refractivity contribution in [1.29, 1.82) is 0 Å². The van der Waals surface area contributed by atoms with Gasteiger partial charge in [-0.2, -0.15) is 0 Å². The Morgan fingerprint density at radius 1 is 1.62 bits per heavy atom. The van der Waals surface area contributed by atoms with Crippen LogP contribution in [0.3, 0.4) is 0 Å². The van der Waals surface area contributed by atoms with Crippen LogP contribution in [0.25, 0.3) is 0 Å². The minimum Gasteiger partial charge on any atom is -0.343 e. The van der Waals surface area contributed by atoms with E-state index in [9.17, 15) is 0 Å². The van der Waals surface area contributed by atoms with E-state index in [1.54, 1.807) is 0 Å². The Morgan fingerprint density at radius 2 is 2.46 bits per heavy atom. The van der Waals surface area contributed by atoms with Crippen molar-refractivity contribution in [2.24, 2.45) is 0 Å². The summed E-state index contributed by atoms with van der Waals surface area (Å²) in [6, 6.07) is 0. The van der Waals surface area contributed by atoms with Crippen molar-refractivity contribution in [1.82, 2.24) is 4.90 Å². The number of allylic oxidation sites excluding steroid dienone is 1. The van der Waals surface area contributed by atoms with Crippen molar-refractivity contribution in [2.45, 2.75) is 32.1 Å². The number of thiocarbonyl (C=S) groups is 1. The van der Waals surface area contributed by atoms with Crippen molar-refractivity contribution in [3.63, 3.8) is 0 Å². The molecule has 1 aliphatic heterocycles. The Hall–Kier alpha value is -0.810. The van der Waals surface area contributed by atoms with Gasteiger partial charge in [-0.05, 0) is 25.7 Å². The number of nitrogens with zero attached hydrogens (tertiary/aromatic N) is 1. The van der Waals surface area contributed by atoms with E-state index < -0.39 is 0 Å². The minimum absolute atomic E-state index is 0.870. The van der Waals surface area contributed by atoms with E-state index in [-0.39, 0.29) is 0 Å². The van der Waals surface area contributed by atoms with E-state index >= 15 is 0 Å². The summed E-state index contributed by atoms with van der Waals surface area (Å²) in [4.78, 5) is 3.23. The maximum Gasteiger partial charge on any atom is 0.0819 e.